The molecule has 5 nitrogen and oxygen atoms in total. The molecule has 24 heavy (non-hydrogen) atoms. The highest BCUT2D eigenvalue weighted by atomic mass is 79.9. The Kier molecular flexibility index (Phi) is 5.00. The third-order valence-corrected chi connectivity index (χ3v) is 6.63. The van der Waals surface area contributed by atoms with Gasteiger partial charge in [-0.1, -0.05) is 39.8 Å². The molecular weight excluding hydrogens is 412 g/mol. The van der Waals surface area contributed by atoms with Gasteiger partial charge in [0, 0.05) is 24.3 Å². The Hall–Kier alpha value is -1.35. The summed E-state index contributed by atoms with van der Waals surface area (Å²) in [6.07, 6.45) is 0. The van der Waals surface area contributed by atoms with E-state index in [9.17, 15) is 8.42 Å². The summed E-state index contributed by atoms with van der Waals surface area (Å²) in [5, 5.41) is 0.521. The number of hydrogen-bond donors (Lipinski definition) is 0. The van der Waals surface area contributed by atoms with Crippen LogP contribution in [0.5, 0.6) is 0 Å². The standard InChI is InChI=1S/C16H15BrN2O3S2/c1-19(2)24(20,21)13-7-8-15-14(9-13)18-16(22-15)23-10-11-3-5-12(17)6-4-11/h3-9H,10H2,1-2H3. The summed E-state index contributed by atoms with van der Waals surface area (Å²) < 4.78 is 32.2. The lowest BCUT2D eigenvalue weighted by atomic mass is 10.2. The molecule has 0 saturated carbocycles. The van der Waals surface area contributed by atoms with E-state index in [4.69, 9.17) is 4.42 Å². The quantitative estimate of drug-likeness (QED) is 0.573. The molecule has 3 rings (SSSR count). The molecule has 0 N–H and O–H groups in total. The van der Waals surface area contributed by atoms with Crippen molar-refractivity contribution in [2.45, 2.75) is 15.9 Å². The van der Waals surface area contributed by atoms with Crippen molar-refractivity contribution in [1.29, 1.82) is 0 Å². The number of sulfonamides is 1. The number of aromatic nitrogens is 1. The molecular formula is C16H15BrN2O3S2. The molecule has 1 heterocycles. The highest BCUT2D eigenvalue weighted by molar-refractivity contribution is 9.10. The maximum Gasteiger partial charge on any atom is 0.257 e. The topological polar surface area (TPSA) is 63.4 Å². The predicted octanol–water partition coefficient (Wildman–Crippen LogP) is 4.13. The summed E-state index contributed by atoms with van der Waals surface area (Å²) in [5.74, 6) is 0.725. The fourth-order valence-electron chi connectivity index (χ4n) is 2.04. The highest BCUT2D eigenvalue weighted by Crippen LogP contribution is 2.28. The summed E-state index contributed by atoms with van der Waals surface area (Å²) in [6.45, 7) is 0. The molecule has 0 atom stereocenters. The molecule has 3 aromatic rings. The lowest BCUT2D eigenvalue weighted by Gasteiger charge is -2.10. The zero-order valence-corrected chi connectivity index (χ0v) is 16.3. The Morgan fingerprint density at radius 1 is 1.17 bits per heavy atom. The van der Waals surface area contributed by atoms with Crippen LogP contribution in [0.4, 0.5) is 0 Å². The molecule has 0 unspecified atom stereocenters. The van der Waals surface area contributed by atoms with Gasteiger partial charge in [0.25, 0.3) is 5.22 Å². The van der Waals surface area contributed by atoms with E-state index in [-0.39, 0.29) is 4.90 Å². The number of thioether (sulfide) groups is 1. The molecule has 0 radical (unpaired) electrons. The Bertz CT molecular complexity index is 967. The van der Waals surface area contributed by atoms with Gasteiger partial charge < -0.3 is 4.42 Å². The SMILES string of the molecule is CN(C)S(=O)(=O)c1ccc2oc(SCc3ccc(Br)cc3)nc2c1. The summed E-state index contributed by atoms with van der Waals surface area (Å²) in [6, 6.07) is 12.7. The second-order valence-electron chi connectivity index (χ2n) is 5.31. The Morgan fingerprint density at radius 2 is 1.88 bits per heavy atom. The predicted molar refractivity (Wildman–Crippen MR) is 98.6 cm³/mol. The van der Waals surface area contributed by atoms with Gasteiger partial charge in [-0.15, -0.1) is 0 Å². The van der Waals surface area contributed by atoms with Crippen LogP contribution in [0.1, 0.15) is 5.56 Å². The van der Waals surface area contributed by atoms with E-state index in [2.05, 4.69) is 20.9 Å². The number of benzene rings is 2. The number of halogens is 1. The van der Waals surface area contributed by atoms with Crippen LogP contribution >= 0.6 is 27.7 Å². The molecule has 0 spiro atoms. The maximum atomic E-state index is 12.2. The van der Waals surface area contributed by atoms with E-state index in [0.717, 1.165) is 15.8 Å². The molecule has 8 heteroatoms. The molecule has 0 bridgehead atoms. The summed E-state index contributed by atoms with van der Waals surface area (Å²) in [4.78, 5) is 4.59. The van der Waals surface area contributed by atoms with Crippen molar-refractivity contribution in [3.8, 4) is 0 Å². The first kappa shape index (κ1) is 17.5. The average molecular weight is 427 g/mol. The Balaban J connectivity index is 1.82. The number of oxazole rings is 1. The first-order chi connectivity index (χ1) is 11.4. The molecule has 0 aliphatic carbocycles. The molecule has 126 valence electrons. The third kappa shape index (κ3) is 3.66. The summed E-state index contributed by atoms with van der Waals surface area (Å²) in [7, 11) is -0.474. The second-order valence-corrected chi connectivity index (χ2v) is 9.31. The van der Waals surface area contributed by atoms with Crippen molar-refractivity contribution in [2.24, 2.45) is 0 Å². The minimum absolute atomic E-state index is 0.206. The van der Waals surface area contributed by atoms with Crippen molar-refractivity contribution in [3.63, 3.8) is 0 Å². The van der Waals surface area contributed by atoms with E-state index in [1.165, 1.54) is 42.3 Å². The number of fused-ring (bicyclic) bond motifs is 1. The van der Waals surface area contributed by atoms with Crippen molar-refractivity contribution < 1.29 is 12.8 Å². The molecule has 2 aromatic carbocycles. The lowest BCUT2D eigenvalue weighted by Crippen LogP contribution is -2.22. The maximum absolute atomic E-state index is 12.2. The molecule has 0 aliphatic rings. The summed E-state index contributed by atoms with van der Waals surface area (Å²) >= 11 is 4.88. The second kappa shape index (κ2) is 6.87. The van der Waals surface area contributed by atoms with Gasteiger partial charge in [0.1, 0.15) is 5.52 Å². The fraction of sp³-hybridized carbons (Fsp3) is 0.188. The molecule has 1 aromatic heterocycles. The van der Waals surface area contributed by atoms with Gasteiger partial charge in [-0.3, -0.25) is 0 Å². The first-order valence-electron chi connectivity index (χ1n) is 7.06. The zero-order valence-electron chi connectivity index (χ0n) is 13.1. The monoisotopic (exact) mass is 426 g/mol. The molecule has 0 saturated heterocycles. The van der Waals surface area contributed by atoms with Crippen LogP contribution < -0.4 is 0 Å². The first-order valence-corrected chi connectivity index (χ1v) is 10.3. The average Bonchev–Trinajstić information content (AvgIpc) is 2.96. The molecule has 0 fully saturated rings. The van der Waals surface area contributed by atoms with Crippen molar-refractivity contribution in [1.82, 2.24) is 9.29 Å². The largest absolute Gasteiger partial charge is 0.431 e. The minimum Gasteiger partial charge on any atom is -0.431 e. The van der Waals surface area contributed by atoms with E-state index >= 15 is 0 Å². The van der Waals surface area contributed by atoms with Crippen LogP contribution in [0.25, 0.3) is 11.1 Å². The van der Waals surface area contributed by atoms with Crippen molar-refractivity contribution >= 4 is 48.8 Å². The van der Waals surface area contributed by atoms with Crippen LogP contribution in [0.15, 0.2) is 61.5 Å². The summed E-state index contributed by atoms with van der Waals surface area (Å²) in [5.41, 5.74) is 2.27. The number of rotatable bonds is 5. The lowest BCUT2D eigenvalue weighted by molar-refractivity contribution is 0.489. The Morgan fingerprint density at radius 3 is 2.54 bits per heavy atom. The van der Waals surface area contributed by atoms with E-state index < -0.39 is 10.0 Å². The minimum atomic E-state index is -3.48. The van der Waals surface area contributed by atoms with Gasteiger partial charge in [0.15, 0.2) is 5.58 Å². The van der Waals surface area contributed by atoms with Gasteiger partial charge in [0.2, 0.25) is 10.0 Å². The van der Waals surface area contributed by atoms with Crippen LogP contribution in [0.2, 0.25) is 0 Å². The van der Waals surface area contributed by atoms with Crippen LogP contribution in [0.3, 0.4) is 0 Å². The van der Waals surface area contributed by atoms with Gasteiger partial charge in [-0.25, -0.2) is 17.7 Å². The smallest absolute Gasteiger partial charge is 0.257 e. The van der Waals surface area contributed by atoms with Gasteiger partial charge in [0.05, 0.1) is 4.90 Å². The zero-order chi connectivity index (χ0) is 17.3. The van der Waals surface area contributed by atoms with E-state index in [0.29, 0.717) is 16.3 Å². The van der Waals surface area contributed by atoms with Crippen molar-refractivity contribution in [3.05, 3.63) is 52.5 Å². The fourth-order valence-corrected chi connectivity index (χ4v) is 4.03. The van der Waals surface area contributed by atoms with Crippen LogP contribution in [-0.4, -0.2) is 31.8 Å². The van der Waals surface area contributed by atoms with E-state index in [1.807, 2.05) is 24.3 Å². The molecule has 0 aliphatic heterocycles. The highest BCUT2D eigenvalue weighted by Gasteiger charge is 2.19. The van der Waals surface area contributed by atoms with Gasteiger partial charge in [-0.05, 0) is 35.9 Å². The van der Waals surface area contributed by atoms with E-state index in [1.54, 1.807) is 6.07 Å². The normalized spacial score (nSPS) is 12.2. The van der Waals surface area contributed by atoms with Crippen molar-refractivity contribution in [2.75, 3.05) is 14.1 Å². The number of nitrogens with zero attached hydrogens (tertiary/aromatic N) is 2. The van der Waals surface area contributed by atoms with Crippen LogP contribution in [-0.2, 0) is 15.8 Å². The van der Waals surface area contributed by atoms with Crippen LogP contribution in [0, 0.1) is 0 Å². The van der Waals surface area contributed by atoms with Gasteiger partial charge in [-0.2, -0.15) is 0 Å². The van der Waals surface area contributed by atoms with Gasteiger partial charge >= 0.3 is 0 Å². The molecule has 0 amide bonds. The number of hydrogen-bond acceptors (Lipinski definition) is 5. The Labute approximate surface area is 153 Å². The third-order valence-electron chi connectivity index (χ3n) is 3.39.